The number of fused-ring (bicyclic) bond motifs is 1. The number of carbonyl (C=O) groups is 1. The number of carbonyl (C=O) groups excluding carboxylic acids is 1. The molecule has 1 N–H and O–H groups in total. The van der Waals surface area contributed by atoms with E-state index in [4.69, 9.17) is 9.47 Å². The molecule has 3 aromatic rings. The number of ether oxygens (including phenoxy) is 2. The van der Waals surface area contributed by atoms with Crippen LogP contribution < -0.4 is 14.8 Å². The van der Waals surface area contributed by atoms with Crippen molar-refractivity contribution in [2.24, 2.45) is 0 Å². The highest BCUT2D eigenvalue weighted by molar-refractivity contribution is 7.14. The molecule has 0 spiro atoms. The van der Waals surface area contributed by atoms with E-state index in [1.807, 2.05) is 23.6 Å². The van der Waals surface area contributed by atoms with Crippen LogP contribution in [0.25, 0.3) is 17.3 Å². The van der Waals surface area contributed by atoms with Crippen LogP contribution in [0.2, 0.25) is 0 Å². The van der Waals surface area contributed by atoms with Gasteiger partial charge in [-0.05, 0) is 30.3 Å². The van der Waals surface area contributed by atoms with E-state index in [1.165, 1.54) is 29.6 Å². The Bertz CT molecular complexity index is 1090. The zero-order chi connectivity index (χ0) is 19.5. The molecule has 0 bridgehead atoms. The van der Waals surface area contributed by atoms with E-state index in [-0.39, 0.29) is 12.5 Å². The monoisotopic (exact) mass is 395 g/mol. The van der Waals surface area contributed by atoms with Gasteiger partial charge in [0.05, 0.1) is 16.2 Å². The van der Waals surface area contributed by atoms with Gasteiger partial charge in [0.2, 0.25) is 12.7 Å². The molecule has 1 aromatic heterocycles. The van der Waals surface area contributed by atoms with Gasteiger partial charge in [0.15, 0.2) is 16.6 Å². The third kappa shape index (κ3) is 3.69. The Morgan fingerprint density at radius 1 is 1.21 bits per heavy atom. The van der Waals surface area contributed by atoms with E-state index >= 15 is 0 Å². The first-order valence-electron chi connectivity index (χ1n) is 8.18. The van der Waals surface area contributed by atoms with Crippen LogP contribution in [-0.2, 0) is 4.79 Å². The second-order valence-electron chi connectivity index (χ2n) is 5.74. The van der Waals surface area contributed by atoms with E-state index in [0.29, 0.717) is 27.9 Å². The van der Waals surface area contributed by atoms with Gasteiger partial charge in [-0.15, -0.1) is 11.3 Å². The molecule has 0 atom stereocenters. The van der Waals surface area contributed by atoms with E-state index in [2.05, 4.69) is 10.3 Å². The molecule has 8 nitrogen and oxygen atoms in total. The van der Waals surface area contributed by atoms with Crippen LogP contribution in [0.3, 0.4) is 0 Å². The number of nitro groups is 1. The van der Waals surface area contributed by atoms with E-state index in [9.17, 15) is 14.9 Å². The molecule has 0 aliphatic carbocycles. The Morgan fingerprint density at radius 3 is 2.89 bits per heavy atom. The summed E-state index contributed by atoms with van der Waals surface area (Å²) in [4.78, 5) is 27.0. The molecular weight excluding hydrogens is 382 g/mol. The molecule has 0 unspecified atom stereocenters. The van der Waals surface area contributed by atoms with Crippen molar-refractivity contribution in [3.63, 3.8) is 0 Å². The van der Waals surface area contributed by atoms with Gasteiger partial charge in [-0.1, -0.05) is 12.1 Å². The number of amides is 1. The Hall–Kier alpha value is -3.72. The lowest BCUT2D eigenvalue weighted by atomic mass is 10.1. The van der Waals surface area contributed by atoms with Crippen LogP contribution in [0, 0.1) is 10.1 Å². The lowest BCUT2D eigenvalue weighted by Crippen LogP contribution is -2.07. The Morgan fingerprint density at radius 2 is 2.04 bits per heavy atom. The Kier molecular flexibility index (Phi) is 4.73. The number of thiazole rings is 1. The van der Waals surface area contributed by atoms with Gasteiger partial charge in [0.25, 0.3) is 5.69 Å². The molecule has 0 radical (unpaired) electrons. The smallest absolute Gasteiger partial charge is 0.276 e. The summed E-state index contributed by atoms with van der Waals surface area (Å²) in [5, 5.41) is 15.9. The quantitative estimate of drug-likeness (QED) is 0.396. The van der Waals surface area contributed by atoms with Gasteiger partial charge in [-0.2, -0.15) is 0 Å². The lowest BCUT2D eigenvalue weighted by Gasteiger charge is -2.00. The second-order valence-corrected chi connectivity index (χ2v) is 6.60. The van der Waals surface area contributed by atoms with Crippen molar-refractivity contribution in [2.45, 2.75) is 0 Å². The molecule has 1 aliphatic heterocycles. The number of benzene rings is 2. The number of nitro benzene ring substituents is 1. The van der Waals surface area contributed by atoms with Crippen molar-refractivity contribution in [3.05, 3.63) is 69.6 Å². The minimum Gasteiger partial charge on any atom is -0.454 e. The molecule has 140 valence electrons. The summed E-state index contributed by atoms with van der Waals surface area (Å²) >= 11 is 1.28. The Balaban J connectivity index is 1.45. The molecule has 0 saturated carbocycles. The minimum atomic E-state index is -0.490. The predicted octanol–water partition coefficient (Wildman–Crippen LogP) is 4.10. The van der Waals surface area contributed by atoms with Crippen molar-refractivity contribution in [1.29, 1.82) is 0 Å². The fourth-order valence-corrected chi connectivity index (χ4v) is 3.35. The first-order chi connectivity index (χ1) is 13.6. The van der Waals surface area contributed by atoms with E-state index < -0.39 is 10.8 Å². The number of nitrogens with one attached hydrogen (secondary N) is 1. The Labute approximate surface area is 163 Å². The summed E-state index contributed by atoms with van der Waals surface area (Å²) in [6.07, 6.45) is 2.64. The fraction of sp³-hybridized carbons (Fsp3) is 0.0526. The topological polar surface area (TPSA) is 104 Å². The summed E-state index contributed by atoms with van der Waals surface area (Å²) in [6, 6.07) is 11.7. The van der Waals surface area contributed by atoms with Crippen LogP contribution in [0.1, 0.15) is 5.56 Å². The first kappa shape index (κ1) is 17.7. The van der Waals surface area contributed by atoms with Crippen molar-refractivity contribution in [1.82, 2.24) is 4.98 Å². The normalized spacial score (nSPS) is 12.3. The van der Waals surface area contributed by atoms with Gasteiger partial charge in [0, 0.05) is 23.1 Å². The van der Waals surface area contributed by atoms with Crippen LogP contribution in [0.15, 0.2) is 53.9 Å². The fourth-order valence-electron chi connectivity index (χ4n) is 2.63. The maximum atomic E-state index is 12.1. The summed E-state index contributed by atoms with van der Waals surface area (Å²) in [5.74, 6) is 0.917. The number of nitrogens with zero attached hydrogens (tertiary/aromatic N) is 2. The molecule has 0 saturated heterocycles. The summed E-state index contributed by atoms with van der Waals surface area (Å²) in [5.41, 5.74) is 1.83. The minimum absolute atomic E-state index is 0.0640. The van der Waals surface area contributed by atoms with Gasteiger partial charge in [0.1, 0.15) is 0 Å². The van der Waals surface area contributed by atoms with Crippen molar-refractivity contribution < 1.29 is 19.2 Å². The number of aromatic nitrogens is 1. The number of anilines is 1. The summed E-state index contributed by atoms with van der Waals surface area (Å²) < 4.78 is 10.6. The molecule has 1 amide bonds. The second kappa shape index (κ2) is 7.49. The lowest BCUT2D eigenvalue weighted by molar-refractivity contribution is -0.385. The van der Waals surface area contributed by atoms with E-state index in [0.717, 1.165) is 5.56 Å². The van der Waals surface area contributed by atoms with Gasteiger partial charge in [-0.3, -0.25) is 20.2 Å². The largest absolute Gasteiger partial charge is 0.454 e. The molecule has 0 fully saturated rings. The average molecular weight is 395 g/mol. The molecule has 1 aliphatic rings. The van der Waals surface area contributed by atoms with Crippen LogP contribution in [0.4, 0.5) is 10.8 Å². The molecule has 2 aromatic carbocycles. The highest BCUT2D eigenvalue weighted by Gasteiger charge is 2.15. The van der Waals surface area contributed by atoms with Crippen molar-refractivity contribution in [2.75, 3.05) is 12.1 Å². The maximum absolute atomic E-state index is 12.1. The van der Waals surface area contributed by atoms with E-state index in [1.54, 1.807) is 18.2 Å². The number of hydrogen-bond donors (Lipinski definition) is 1. The predicted molar refractivity (Wildman–Crippen MR) is 104 cm³/mol. The van der Waals surface area contributed by atoms with Gasteiger partial charge < -0.3 is 9.47 Å². The van der Waals surface area contributed by atoms with Crippen LogP contribution >= 0.6 is 11.3 Å². The zero-order valence-corrected chi connectivity index (χ0v) is 15.1. The average Bonchev–Trinajstić information content (AvgIpc) is 3.35. The van der Waals surface area contributed by atoms with Crippen molar-refractivity contribution >= 4 is 34.1 Å². The maximum Gasteiger partial charge on any atom is 0.276 e. The van der Waals surface area contributed by atoms with Crippen molar-refractivity contribution in [3.8, 4) is 22.8 Å². The highest BCUT2D eigenvalue weighted by atomic mass is 32.1. The number of hydrogen-bond acceptors (Lipinski definition) is 7. The molecule has 9 heteroatoms. The van der Waals surface area contributed by atoms with Crippen LogP contribution in [0.5, 0.6) is 11.5 Å². The first-order valence-corrected chi connectivity index (χ1v) is 9.06. The molecule has 2 heterocycles. The standard InChI is InChI=1S/C19H13N3O5S/c23-18(8-6-12-3-1-2-4-15(12)22(24)25)21-19-20-14(10-28-19)13-5-7-16-17(9-13)27-11-26-16/h1-10H,11H2,(H,20,21,23)/b8-6+. The summed E-state index contributed by atoms with van der Waals surface area (Å²) in [6.45, 7) is 0.197. The third-order valence-electron chi connectivity index (χ3n) is 3.95. The zero-order valence-electron chi connectivity index (χ0n) is 14.3. The molecular formula is C19H13N3O5S. The SMILES string of the molecule is O=C(/C=C/c1ccccc1[N+](=O)[O-])Nc1nc(-c2ccc3c(c2)OCO3)cs1. The third-order valence-corrected chi connectivity index (χ3v) is 4.71. The molecule has 28 heavy (non-hydrogen) atoms. The van der Waals surface area contributed by atoms with Gasteiger partial charge >= 0.3 is 0 Å². The molecule has 4 rings (SSSR count). The van der Waals surface area contributed by atoms with Gasteiger partial charge in [-0.25, -0.2) is 4.98 Å². The number of para-hydroxylation sites is 1. The highest BCUT2D eigenvalue weighted by Crippen LogP contribution is 2.36. The van der Waals surface area contributed by atoms with Crippen LogP contribution in [-0.4, -0.2) is 22.6 Å². The summed E-state index contributed by atoms with van der Waals surface area (Å²) in [7, 11) is 0. The number of rotatable bonds is 5.